The number of piperidine rings is 1. The molecule has 40 heavy (non-hydrogen) atoms. The maximum Gasteiger partial charge on any atom is 0.315 e. The molecule has 2 aliphatic carbocycles. The van der Waals surface area contributed by atoms with Crippen molar-refractivity contribution < 1.29 is 24.0 Å². The van der Waals surface area contributed by atoms with Crippen molar-refractivity contribution in [1.29, 1.82) is 0 Å². The number of benzene rings is 1. The molecular formula is C30H43N5O5. The van der Waals surface area contributed by atoms with Gasteiger partial charge in [0.25, 0.3) is 5.91 Å². The summed E-state index contributed by atoms with van der Waals surface area (Å²) in [5.74, 6) is -2.82. The Morgan fingerprint density at radius 1 is 1.02 bits per heavy atom. The molecular weight excluding hydrogens is 510 g/mol. The largest absolute Gasteiger partial charge is 0.363 e. The van der Waals surface area contributed by atoms with Gasteiger partial charge in [-0.05, 0) is 66.9 Å². The fourth-order valence-corrected chi connectivity index (χ4v) is 6.70. The molecule has 1 aromatic rings. The van der Waals surface area contributed by atoms with E-state index in [0.717, 1.165) is 17.5 Å². The van der Waals surface area contributed by atoms with Gasteiger partial charge in [0.15, 0.2) is 0 Å². The standard InChI is InChI=1S/C30H43N5O5/c1-6-10-21(25(36)26(31)37)33-27(38)24-22-20(30(22,4)5)15-35(24)28(39)23(34-29(40)32-16(3)7-2)19-13-17-11-8-9-12-18(17)14-19/h8-9,11-12,16,19-24H,6-7,10,13-15H2,1-5H3,(H2,31,37)(H,33,38)(H2,32,34,40)/t16?,20-,21?,22-,23+,24+/m1/s1. The Balaban J connectivity index is 1.59. The van der Waals surface area contributed by atoms with Crippen molar-refractivity contribution in [2.45, 2.75) is 90.9 Å². The molecule has 4 rings (SSSR count). The van der Waals surface area contributed by atoms with E-state index < -0.39 is 41.8 Å². The molecule has 0 aromatic heterocycles. The summed E-state index contributed by atoms with van der Waals surface area (Å²) in [6.45, 7) is 10.3. The summed E-state index contributed by atoms with van der Waals surface area (Å²) in [4.78, 5) is 66.6. The zero-order chi connectivity index (χ0) is 29.4. The van der Waals surface area contributed by atoms with Crippen molar-refractivity contribution in [2.75, 3.05) is 6.54 Å². The molecule has 1 saturated carbocycles. The lowest BCUT2D eigenvalue weighted by Crippen LogP contribution is -2.60. The third kappa shape index (κ3) is 5.71. The third-order valence-corrected chi connectivity index (χ3v) is 9.31. The number of primary amides is 1. The number of hydrogen-bond acceptors (Lipinski definition) is 5. The van der Waals surface area contributed by atoms with Gasteiger partial charge >= 0.3 is 6.03 Å². The first-order valence-corrected chi connectivity index (χ1v) is 14.5. The molecule has 0 radical (unpaired) electrons. The smallest absolute Gasteiger partial charge is 0.315 e. The molecule has 1 heterocycles. The van der Waals surface area contributed by atoms with Crippen LogP contribution in [0.4, 0.5) is 4.79 Å². The highest BCUT2D eigenvalue weighted by Gasteiger charge is 2.69. The van der Waals surface area contributed by atoms with Crippen LogP contribution in [0.15, 0.2) is 24.3 Å². The molecule has 6 atom stereocenters. The number of nitrogens with two attached hydrogens (primary N) is 1. The number of ketones is 1. The molecule has 10 heteroatoms. The number of carbonyl (C=O) groups excluding carboxylic acids is 5. The molecule has 10 nitrogen and oxygen atoms in total. The van der Waals surface area contributed by atoms with Crippen LogP contribution in [-0.4, -0.2) is 65.1 Å². The number of fused-ring (bicyclic) bond motifs is 2. The Labute approximate surface area is 236 Å². The zero-order valence-electron chi connectivity index (χ0n) is 24.2. The Morgan fingerprint density at radius 2 is 1.65 bits per heavy atom. The minimum Gasteiger partial charge on any atom is -0.363 e. The second-order valence-electron chi connectivity index (χ2n) is 12.3. The highest BCUT2D eigenvalue weighted by atomic mass is 16.2. The Kier molecular flexibility index (Phi) is 8.56. The average Bonchev–Trinajstić information content (AvgIpc) is 3.29. The number of amides is 5. The van der Waals surface area contributed by atoms with Gasteiger partial charge in [-0.25, -0.2) is 4.79 Å². The molecule has 1 aliphatic heterocycles. The summed E-state index contributed by atoms with van der Waals surface area (Å²) in [7, 11) is 0. The number of Topliss-reactive ketones (excluding diaryl/α,β-unsaturated/α-hetero) is 1. The van der Waals surface area contributed by atoms with E-state index in [1.54, 1.807) is 4.90 Å². The van der Waals surface area contributed by atoms with E-state index in [1.165, 1.54) is 0 Å². The van der Waals surface area contributed by atoms with E-state index >= 15 is 0 Å². The molecule has 218 valence electrons. The Bertz CT molecular complexity index is 1160. The summed E-state index contributed by atoms with van der Waals surface area (Å²) in [6.07, 6.45) is 2.87. The summed E-state index contributed by atoms with van der Waals surface area (Å²) < 4.78 is 0. The molecule has 5 amide bonds. The number of rotatable bonds is 11. The number of hydrogen-bond donors (Lipinski definition) is 4. The monoisotopic (exact) mass is 553 g/mol. The fourth-order valence-electron chi connectivity index (χ4n) is 6.70. The maximum atomic E-state index is 14.3. The van der Waals surface area contributed by atoms with Crippen LogP contribution in [0.1, 0.15) is 65.0 Å². The maximum absolute atomic E-state index is 14.3. The minimum absolute atomic E-state index is 0.0615. The van der Waals surface area contributed by atoms with Crippen molar-refractivity contribution >= 4 is 29.5 Å². The van der Waals surface area contributed by atoms with Gasteiger partial charge in [-0.3, -0.25) is 19.2 Å². The number of carbonyl (C=O) groups is 5. The van der Waals surface area contributed by atoms with E-state index in [4.69, 9.17) is 5.73 Å². The van der Waals surface area contributed by atoms with Gasteiger partial charge in [-0.1, -0.05) is 58.4 Å². The van der Waals surface area contributed by atoms with Crippen LogP contribution in [0.3, 0.4) is 0 Å². The molecule has 2 fully saturated rings. The van der Waals surface area contributed by atoms with Crippen LogP contribution in [-0.2, 0) is 32.0 Å². The summed E-state index contributed by atoms with van der Waals surface area (Å²) >= 11 is 0. The lowest BCUT2D eigenvalue weighted by molar-refractivity contribution is -0.144. The average molecular weight is 554 g/mol. The predicted molar refractivity (Wildman–Crippen MR) is 150 cm³/mol. The SMILES string of the molecule is CCCC(NC(=O)[C@@H]1[C@H]2[C@@H](CN1C(=O)[C@@H](NC(=O)NC(C)CC)C1Cc3ccccc3C1)C2(C)C)C(=O)C(N)=O. The molecule has 1 aromatic carbocycles. The second kappa shape index (κ2) is 11.6. The second-order valence-corrected chi connectivity index (χ2v) is 12.3. The normalized spacial score (nSPS) is 24.7. The molecule has 2 unspecified atom stereocenters. The van der Waals surface area contributed by atoms with E-state index in [9.17, 15) is 24.0 Å². The van der Waals surface area contributed by atoms with E-state index in [2.05, 4.69) is 29.8 Å². The van der Waals surface area contributed by atoms with Crippen LogP contribution >= 0.6 is 0 Å². The number of nitrogens with zero attached hydrogens (tertiary/aromatic N) is 1. The Morgan fingerprint density at radius 3 is 2.20 bits per heavy atom. The quantitative estimate of drug-likeness (QED) is 0.308. The Hall–Kier alpha value is -3.43. The molecule has 3 aliphatic rings. The van der Waals surface area contributed by atoms with E-state index in [-0.39, 0.29) is 41.5 Å². The summed E-state index contributed by atoms with van der Waals surface area (Å²) in [5, 5.41) is 8.58. The molecule has 5 N–H and O–H groups in total. The number of nitrogens with one attached hydrogen (secondary N) is 3. The van der Waals surface area contributed by atoms with Gasteiger partial charge in [-0.15, -0.1) is 0 Å². The van der Waals surface area contributed by atoms with Gasteiger partial charge in [0, 0.05) is 12.6 Å². The molecule has 0 bridgehead atoms. The third-order valence-electron chi connectivity index (χ3n) is 9.31. The van der Waals surface area contributed by atoms with Crippen molar-refractivity contribution in [3.05, 3.63) is 35.4 Å². The first-order chi connectivity index (χ1) is 18.9. The van der Waals surface area contributed by atoms with E-state index in [0.29, 0.717) is 25.8 Å². The zero-order valence-corrected chi connectivity index (χ0v) is 24.2. The van der Waals surface area contributed by atoms with Crippen LogP contribution in [0.2, 0.25) is 0 Å². The van der Waals surface area contributed by atoms with Crippen molar-refractivity contribution in [1.82, 2.24) is 20.9 Å². The first-order valence-electron chi connectivity index (χ1n) is 14.5. The summed E-state index contributed by atoms with van der Waals surface area (Å²) in [6, 6.07) is 4.89. The number of likely N-dealkylation sites (tertiary alicyclic amines) is 1. The topological polar surface area (TPSA) is 151 Å². The van der Waals surface area contributed by atoms with Crippen LogP contribution in [0.5, 0.6) is 0 Å². The van der Waals surface area contributed by atoms with Gasteiger partial charge in [0.2, 0.25) is 17.6 Å². The predicted octanol–water partition coefficient (Wildman–Crippen LogP) is 1.69. The lowest BCUT2D eigenvalue weighted by Gasteiger charge is -2.35. The van der Waals surface area contributed by atoms with Gasteiger partial charge in [-0.2, -0.15) is 0 Å². The molecule has 0 spiro atoms. The van der Waals surface area contributed by atoms with Gasteiger partial charge < -0.3 is 26.6 Å². The highest BCUT2D eigenvalue weighted by Crippen LogP contribution is 2.65. The first kappa shape index (κ1) is 29.6. The lowest BCUT2D eigenvalue weighted by atomic mass is 9.93. The van der Waals surface area contributed by atoms with Gasteiger partial charge in [0.1, 0.15) is 12.1 Å². The van der Waals surface area contributed by atoms with Gasteiger partial charge in [0.05, 0.1) is 6.04 Å². The minimum atomic E-state index is -1.10. The van der Waals surface area contributed by atoms with Crippen molar-refractivity contribution in [3.63, 3.8) is 0 Å². The fraction of sp³-hybridized carbons (Fsp3) is 0.633. The van der Waals surface area contributed by atoms with Crippen molar-refractivity contribution in [3.8, 4) is 0 Å². The van der Waals surface area contributed by atoms with Crippen LogP contribution in [0, 0.1) is 23.2 Å². The van der Waals surface area contributed by atoms with Crippen LogP contribution < -0.4 is 21.7 Å². The van der Waals surface area contributed by atoms with E-state index in [1.807, 2.05) is 45.0 Å². The summed E-state index contributed by atoms with van der Waals surface area (Å²) in [5.41, 5.74) is 7.40. The van der Waals surface area contributed by atoms with Crippen LogP contribution in [0.25, 0.3) is 0 Å². The van der Waals surface area contributed by atoms with Crippen molar-refractivity contribution in [2.24, 2.45) is 28.9 Å². The molecule has 1 saturated heterocycles. The highest BCUT2D eigenvalue weighted by molar-refractivity contribution is 6.37. The number of urea groups is 1.